The van der Waals surface area contributed by atoms with Gasteiger partial charge in [-0.25, -0.2) is 4.68 Å². The summed E-state index contributed by atoms with van der Waals surface area (Å²) < 4.78 is 1.73. The lowest BCUT2D eigenvalue weighted by molar-refractivity contribution is -0.0607. The van der Waals surface area contributed by atoms with E-state index in [0.29, 0.717) is 29.5 Å². The standard InChI is InChI=1S/C12H19N7O/c1-12(2)6(3-7(12)5-20)4-19-10-8(17-18-19)9(13)15-11(14)16-10/h6-7,20H,3-5H2,1-2H3,(H4,13,14,15,16). The molecule has 0 aliphatic heterocycles. The first-order valence-corrected chi connectivity index (χ1v) is 6.66. The van der Waals surface area contributed by atoms with Gasteiger partial charge in [0, 0.05) is 13.2 Å². The highest BCUT2D eigenvalue weighted by Crippen LogP contribution is 2.51. The van der Waals surface area contributed by atoms with Crippen LogP contribution in [0.1, 0.15) is 20.3 Å². The predicted octanol–water partition coefficient (Wildman–Crippen LogP) is 0.0403. The molecule has 0 aromatic carbocycles. The van der Waals surface area contributed by atoms with Gasteiger partial charge < -0.3 is 16.6 Å². The second-order valence-corrected chi connectivity index (χ2v) is 6.04. The van der Waals surface area contributed by atoms with E-state index < -0.39 is 0 Å². The van der Waals surface area contributed by atoms with E-state index in [1.54, 1.807) is 4.68 Å². The monoisotopic (exact) mass is 277 g/mol. The molecule has 1 saturated carbocycles. The first kappa shape index (κ1) is 13.0. The van der Waals surface area contributed by atoms with Crippen LogP contribution in [0.15, 0.2) is 0 Å². The Labute approximate surface area is 116 Å². The zero-order chi connectivity index (χ0) is 14.5. The van der Waals surface area contributed by atoms with Crippen molar-refractivity contribution < 1.29 is 5.11 Å². The lowest BCUT2D eigenvalue weighted by Gasteiger charge is -2.51. The van der Waals surface area contributed by atoms with Crippen LogP contribution < -0.4 is 11.5 Å². The van der Waals surface area contributed by atoms with Gasteiger partial charge in [0.2, 0.25) is 5.95 Å². The van der Waals surface area contributed by atoms with Crippen LogP contribution in [-0.2, 0) is 6.54 Å². The van der Waals surface area contributed by atoms with E-state index in [2.05, 4.69) is 34.1 Å². The van der Waals surface area contributed by atoms with Crippen molar-refractivity contribution in [3.05, 3.63) is 0 Å². The van der Waals surface area contributed by atoms with E-state index in [1.807, 2.05) is 0 Å². The minimum Gasteiger partial charge on any atom is -0.396 e. The first-order chi connectivity index (χ1) is 9.43. The summed E-state index contributed by atoms with van der Waals surface area (Å²) in [7, 11) is 0. The van der Waals surface area contributed by atoms with Crippen molar-refractivity contribution in [2.24, 2.45) is 17.3 Å². The number of rotatable bonds is 3. The molecule has 1 aliphatic rings. The maximum Gasteiger partial charge on any atom is 0.224 e. The highest BCUT2D eigenvalue weighted by atomic mass is 16.3. The van der Waals surface area contributed by atoms with E-state index >= 15 is 0 Å². The van der Waals surface area contributed by atoms with Gasteiger partial charge in [-0.2, -0.15) is 9.97 Å². The predicted molar refractivity (Wildman–Crippen MR) is 74.4 cm³/mol. The molecule has 0 radical (unpaired) electrons. The number of nitrogen functional groups attached to an aromatic ring is 2. The molecular formula is C12H19N7O. The van der Waals surface area contributed by atoms with Crippen LogP contribution >= 0.6 is 0 Å². The zero-order valence-electron chi connectivity index (χ0n) is 11.6. The highest BCUT2D eigenvalue weighted by Gasteiger charge is 2.47. The lowest BCUT2D eigenvalue weighted by atomic mass is 9.55. The number of hydrogen-bond acceptors (Lipinski definition) is 7. The quantitative estimate of drug-likeness (QED) is 0.722. The number of anilines is 2. The molecule has 1 fully saturated rings. The Morgan fingerprint density at radius 1 is 1.30 bits per heavy atom. The molecule has 2 aromatic heterocycles. The fourth-order valence-corrected chi connectivity index (χ4v) is 2.97. The minimum atomic E-state index is 0.0805. The molecule has 20 heavy (non-hydrogen) atoms. The molecule has 108 valence electrons. The molecule has 2 heterocycles. The van der Waals surface area contributed by atoms with Crippen LogP contribution in [0, 0.1) is 17.3 Å². The number of fused-ring (bicyclic) bond motifs is 1. The molecule has 2 unspecified atom stereocenters. The summed E-state index contributed by atoms with van der Waals surface area (Å²) in [5.41, 5.74) is 12.5. The number of hydrogen-bond donors (Lipinski definition) is 3. The second kappa shape index (κ2) is 4.27. The molecule has 8 nitrogen and oxygen atoms in total. The summed E-state index contributed by atoms with van der Waals surface area (Å²) in [6.07, 6.45) is 0.973. The summed E-state index contributed by atoms with van der Waals surface area (Å²) in [5, 5.41) is 17.4. The maximum absolute atomic E-state index is 9.32. The molecule has 0 spiro atoms. The molecular weight excluding hydrogens is 258 g/mol. The number of nitrogens with zero attached hydrogens (tertiary/aromatic N) is 5. The Hall–Kier alpha value is -1.96. The lowest BCUT2D eigenvalue weighted by Crippen LogP contribution is -2.48. The van der Waals surface area contributed by atoms with Crippen molar-refractivity contribution in [2.45, 2.75) is 26.8 Å². The average Bonchev–Trinajstić information content (AvgIpc) is 2.77. The van der Waals surface area contributed by atoms with Crippen LogP contribution in [0.25, 0.3) is 11.2 Å². The Balaban J connectivity index is 1.89. The fraction of sp³-hybridized carbons (Fsp3) is 0.667. The van der Waals surface area contributed by atoms with Gasteiger partial charge in [0.15, 0.2) is 17.0 Å². The third-order valence-electron chi connectivity index (χ3n) is 4.69. The van der Waals surface area contributed by atoms with E-state index in [-0.39, 0.29) is 23.8 Å². The molecule has 0 amide bonds. The van der Waals surface area contributed by atoms with Gasteiger partial charge in [0.1, 0.15) is 0 Å². The van der Waals surface area contributed by atoms with E-state index in [1.165, 1.54) is 0 Å². The molecule has 0 bridgehead atoms. The van der Waals surface area contributed by atoms with Crippen molar-refractivity contribution in [1.29, 1.82) is 0 Å². The summed E-state index contributed by atoms with van der Waals surface area (Å²) in [6.45, 7) is 5.25. The van der Waals surface area contributed by atoms with Gasteiger partial charge in [-0.05, 0) is 23.7 Å². The van der Waals surface area contributed by atoms with E-state index in [4.69, 9.17) is 11.5 Å². The van der Waals surface area contributed by atoms with Gasteiger partial charge in [-0.15, -0.1) is 5.10 Å². The highest BCUT2D eigenvalue weighted by molar-refractivity contribution is 5.81. The van der Waals surface area contributed by atoms with Crippen LogP contribution in [0.4, 0.5) is 11.8 Å². The maximum atomic E-state index is 9.32. The molecule has 5 N–H and O–H groups in total. The van der Waals surface area contributed by atoms with Crippen LogP contribution in [0.2, 0.25) is 0 Å². The number of aliphatic hydroxyl groups is 1. The van der Waals surface area contributed by atoms with Gasteiger partial charge in [0.25, 0.3) is 0 Å². The minimum absolute atomic E-state index is 0.0805. The van der Waals surface area contributed by atoms with E-state index in [9.17, 15) is 5.11 Å². The SMILES string of the molecule is CC1(C)C(CO)CC1Cn1nnc2c(N)nc(N)nc21. The van der Waals surface area contributed by atoms with E-state index in [0.717, 1.165) is 6.42 Å². The summed E-state index contributed by atoms with van der Waals surface area (Å²) >= 11 is 0. The summed E-state index contributed by atoms with van der Waals surface area (Å²) in [6, 6.07) is 0. The first-order valence-electron chi connectivity index (χ1n) is 6.66. The topological polar surface area (TPSA) is 129 Å². The van der Waals surface area contributed by atoms with Crippen molar-refractivity contribution >= 4 is 22.9 Å². The Kier molecular flexibility index (Phi) is 2.79. The van der Waals surface area contributed by atoms with Gasteiger partial charge in [-0.1, -0.05) is 19.1 Å². The second-order valence-electron chi connectivity index (χ2n) is 6.04. The fourth-order valence-electron chi connectivity index (χ4n) is 2.97. The van der Waals surface area contributed by atoms with Crippen molar-refractivity contribution in [3.8, 4) is 0 Å². The third-order valence-corrected chi connectivity index (χ3v) is 4.69. The van der Waals surface area contributed by atoms with Crippen molar-refractivity contribution in [3.63, 3.8) is 0 Å². The van der Waals surface area contributed by atoms with Gasteiger partial charge >= 0.3 is 0 Å². The molecule has 2 aromatic rings. The van der Waals surface area contributed by atoms with Crippen LogP contribution in [-0.4, -0.2) is 36.7 Å². The Morgan fingerprint density at radius 3 is 2.70 bits per heavy atom. The summed E-state index contributed by atoms with van der Waals surface area (Å²) in [4.78, 5) is 8.05. The number of aromatic nitrogens is 5. The Bertz CT molecular complexity index is 651. The van der Waals surface area contributed by atoms with Crippen molar-refractivity contribution in [1.82, 2.24) is 25.0 Å². The van der Waals surface area contributed by atoms with Crippen LogP contribution in [0.5, 0.6) is 0 Å². The summed E-state index contributed by atoms with van der Waals surface area (Å²) in [5.74, 6) is 1.13. The molecule has 0 saturated heterocycles. The van der Waals surface area contributed by atoms with Gasteiger partial charge in [-0.3, -0.25) is 0 Å². The van der Waals surface area contributed by atoms with Crippen LogP contribution in [0.3, 0.4) is 0 Å². The zero-order valence-corrected chi connectivity index (χ0v) is 11.6. The average molecular weight is 277 g/mol. The normalized spacial score (nSPS) is 24.8. The molecule has 1 aliphatic carbocycles. The number of nitrogens with two attached hydrogens (primary N) is 2. The van der Waals surface area contributed by atoms with Crippen molar-refractivity contribution in [2.75, 3.05) is 18.1 Å². The Morgan fingerprint density at radius 2 is 2.05 bits per heavy atom. The molecule has 8 heteroatoms. The third kappa shape index (κ3) is 1.79. The molecule has 3 rings (SSSR count). The van der Waals surface area contributed by atoms with Gasteiger partial charge in [0.05, 0.1) is 0 Å². The number of aliphatic hydroxyl groups excluding tert-OH is 1. The smallest absolute Gasteiger partial charge is 0.224 e. The molecule has 2 atom stereocenters. The largest absolute Gasteiger partial charge is 0.396 e.